The second-order valence-corrected chi connectivity index (χ2v) is 10.0. The highest BCUT2D eigenvalue weighted by Crippen LogP contribution is 2.34. The molecule has 2 aromatic heterocycles. The van der Waals surface area contributed by atoms with E-state index in [1.165, 1.54) is 18.2 Å². The van der Waals surface area contributed by atoms with Crippen LogP contribution in [-0.4, -0.2) is 41.9 Å². The molecule has 0 saturated heterocycles. The number of methoxy groups -OCH3 is 2. The monoisotopic (exact) mass is 525 g/mol. The molecule has 0 aliphatic rings. The molecule has 0 saturated carbocycles. The summed E-state index contributed by atoms with van der Waals surface area (Å²) in [5.41, 5.74) is 4.45. The Morgan fingerprint density at radius 2 is 1.76 bits per heavy atom. The van der Waals surface area contributed by atoms with Crippen LogP contribution in [0.25, 0.3) is 11.1 Å². The number of rotatable bonds is 6. The zero-order valence-electron chi connectivity index (χ0n) is 22.4. The number of nitrogens with zero attached hydrogens (tertiary/aromatic N) is 3. The van der Waals surface area contributed by atoms with E-state index in [0.29, 0.717) is 28.3 Å². The Kier molecular flexibility index (Phi) is 8.43. The number of carbonyl (C=O) groups is 2. The number of aromatic nitrogens is 2. The van der Waals surface area contributed by atoms with Crippen molar-refractivity contribution in [1.29, 1.82) is 0 Å². The predicted molar refractivity (Wildman–Crippen MR) is 143 cm³/mol. The lowest BCUT2D eigenvalue weighted by atomic mass is 9.98. The molecule has 0 fully saturated rings. The van der Waals surface area contributed by atoms with Crippen LogP contribution in [0, 0.1) is 20.8 Å². The molecule has 9 heteroatoms. The number of aryl methyl sites for hydroxylation is 2. The van der Waals surface area contributed by atoms with Crippen molar-refractivity contribution in [2.45, 2.75) is 53.7 Å². The smallest absolute Gasteiger partial charge is 0.415 e. The lowest BCUT2D eigenvalue weighted by molar-refractivity contribution is 0.0573. The molecule has 0 aliphatic carbocycles. The number of anilines is 1. The Hall–Kier alpha value is -3.65. The Balaban J connectivity index is 2.18. The summed E-state index contributed by atoms with van der Waals surface area (Å²) in [5.74, 6) is 0.111. The number of pyridine rings is 2. The van der Waals surface area contributed by atoms with Crippen molar-refractivity contribution in [3.8, 4) is 16.9 Å². The van der Waals surface area contributed by atoms with Gasteiger partial charge in [0.1, 0.15) is 22.1 Å². The SMILES string of the molecule is COC(=O)c1c(-c2cc(C)cc(N(Cc3ncc(C)c(OC)c3C)C(=O)OC(C)(C)C)c2)ccnc1Cl. The molecule has 0 spiro atoms. The maximum Gasteiger partial charge on any atom is 0.415 e. The number of esters is 1. The van der Waals surface area contributed by atoms with E-state index in [1.54, 1.807) is 25.4 Å². The standard InChI is InChI=1S/C28H32ClN3O5/c1-16-11-19(21-9-10-30-25(29)23(21)26(33)36-8)13-20(12-16)32(27(34)37-28(4,5)6)15-22-18(3)24(35-7)17(2)14-31-22/h9-14H,15H2,1-8H3. The highest BCUT2D eigenvalue weighted by molar-refractivity contribution is 6.33. The minimum atomic E-state index is -0.716. The van der Waals surface area contributed by atoms with Gasteiger partial charge in [-0.15, -0.1) is 0 Å². The van der Waals surface area contributed by atoms with Gasteiger partial charge in [-0.3, -0.25) is 9.88 Å². The van der Waals surface area contributed by atoms with Crippen LogP contribution in [0.1, 0.15) is 53.5 Å². The van der Waals surface area contributed by atoms with Crippen LogP contribution in [0.3, 0.4) is 0 Å². The van der Waals surface area contributed by atoms with Gasteiger partial charge in [-0.05, 0) is 70.9 Å². The minimum Gasteiger partial charge on any atom is -0.496 e. The molecule has 1 amide bonds. The summed E-state index contributed by atoms with van der Waals surface area (Å²) in [5, 5.41) is 0.0305. The van der Waals surface area contributed by atoms with Gasteiger partial charge in [0, 0.05) is 34.8 Å². The van der Waals surface area contributed by atoms with Gasteiger partial charge in [-0.2, -0.15) is 0 Å². The topological polar surface area (TPSA) is 90.8 Å². The van der Waals surface area contributed by atoms with E-state index >= 15 is 0 Å². The van der Waals surface area contributed by atoms with Crippen molar-refractivity contribution >= 4 is 29.4 Å². The molecular weight excluding hydrogens is 494 g/mol. The molecule has 3 aromatic rings. The van der Waals surface area contributed by atoms with Gasteiger partial charge < -0.3 is 14.2 Å². The van der Waals surface area contributed by atoms with E-state index < -0.39 is 17.7 Å². The fourth-order valence-corrected chi connectivity index (χ4v) is 4.24. The maximum absolute atomic E-state index is 13.5. The van der Waals surface area contributed by atoms with Crippen LogP contribution in [0.15, 0.2) is 36.7 Å². The second-order valence-electron chi connectivity index (χ2n) is 9.69. The van der Waals surface area contributed by atoms with Crippen molar-refractivity contribution in [3.63, 3.8) is 0 Å². The first kappa shape index (κ1) is 27.9. The van der Waals surface area contributed by atoms with E-state index in [-0.39, 0.29) is 17.3 Å². The molecule has 0 atom stereocenters. The van der Waals surface area contributed by atoms with E-state index in [0.717, 1.165) is 16.7 Å². The third-order valence-corrected chi connectivity index (χ3v) is 5.94. The first-order valence-corrected chi connectivity index (χ1v) is 12.1. The van der Waals surface area contributed by atoms with Crippen LogP contribution in [-0.2, 0) is 16.0 Å². The fraction of sp³-hybridized carbons (Fsp3) is 0.357. The van der Waals surface area contributed by atoms with Crippen LogP contribution in [0.5, 0.6) is 5.75 Å². The largest absolute Gasteiger partial charge is 0.496 e. The van der Waals surface area contributed by atoms with Crippen molar-refractivity contribution in [1.82, 2.24) is 9.97 Å². The average Bonchev–Trinajstić information content (AvgIpc) is 2.81. The average molecular weight is 526 g/mol. The number of benzene rings is 1. The van der Waals surface area contributed by atoms with Crippen LogP contribution >= 0.6 is 11.6 Å². The lowest BCUT2D eigenvalue weighted by Crippen LogP contribution is -2.37. The second kappa shape index (κ2) is 11.2. The van der Waals surface area contributed by atoms with Crippen LogP contribution < -0.4 is 9.64 Å². The molecule has 0 unspecified atom stereocenters. The first-order chi connectivity index (χ1) is 17.4. The molecule has 37 heavy (non-hydrogen) atoms. The van der Waals surface area contributed by atoms with Gasteiger partial charge in [-0.25, -0.2) is 14.6 Å². The molecule has 8 nitrogen and oxygen atoms in total. The van der Waals surface area contributed by atoms with Gasteiger partial charge in [-0.1, -0.05) is 17.7 Å². The van der Waals surface area contributed by atoms with Gasteiger partial charge in [0.2, 0.25) is 0 Å². The molecule has 196 valence electrons. The van der Waals surface area contributed by atoms with Crippen molar-refractivity contribution in [3.05, 3.63) is 69.8 Å². The number of carbonyl (C=O) groups excluding carboxylic acids is 2. The first-order valence-electron chi connectivity index (χ1n) is 11.7. The third-order valence-electron chi connectivity index (χ3n) is 5.65. The molecule has 0 N–H and O–H groups in total. The van der Waals surface area contributed by atoms with Gasteiger partial charge in [0.15, 0.2) is 0 Å². The van der Waals surface area contributed by atoms with Crippen molar-refractivity contribution < 1.29 is 23.8 Å². The fourth-order valence-electron chi connectivity index (χ4n) is 4.01. The Morgan fingerprint density at radius 1 is 1.05 bits per heavy atom. The predicted octanol–water partition coefficient (Wildman–Crippen LogP) is 6.46. The number of halogens is 1. The molecule has 0 bridgehead atoms. The number of hydrogen-bond donors (Lipinski definition) is 0. The van der Waals surface area contributed by atoms with E-state index in [4.69, 9.17) is 25.8 Å². The van der Waals surface area contributed by atoms with Gasteiger partial charge in [0.05, 0.1) is 26.5 Å². The summed E-state index contributed by atoms with van der Waals surface area (Å²) in [6.45, 7) is 11.3. The van der Waals surface area contributed by atoms with E-state index in [2.05, 4.69) is 9.97 Å². The number of ether oxygens (including phenoxy) is 3. The molecule has 0 radical (unpaired) electrons. The highest BCUT2D eigenvalue weighted by Gasteiger charge is 2.27. The Bertz CT molecular complexity index is 1330. The van der Waals surface area contributed by atoms with E-state index in [9.17, 15) is 9.59 Å². The Morgan fingerprint density at radius 3 is 2.38 bits per heavy atom. The van der Waals surface area contributed by atoms with Crippen LogP contribution in [0.4, 0.5) is 10.5 Å². The summed E-state index contributed by atoms with van der Waals surface area (Å²) in [4.78, 5) is 36.1. The summed E-state index contributed by atoms with van der Waals surface area (Å²) in [7, 11) is 2.89. The van der Waals surface area contributed by atoms with Crippen LogP contribution in [0.2, 0.25) is 5.15 Å². The quantitative estimate of drug-likeness (QED) is 0.269. The van der Waals surface area contributed by atoms with Crippen molar-refractivity contribution in [2.75, 3.05) is 19.1 Å². The molecule has 2 heterocycles. The number of hydrogen-bond acceptors (Lipinski definition) is 7. The van der Waals surface area contributed by atoms with Gasteiger partial charge >= 0.3 is 12.1 Å². The molecule has 1 aromatic carbocycles. The summed E-state index contributed by atoms with van der Waals surface area (Å²) in [6, 6.07) is 7.25. The minimum absolute atomic E-state index is 0.0305. The number of amides is 1. The van der Waals surface area contributed by atoms with E-state index in [1.807, 2.05) is 53.7 Å². The zero-order valence-corrected chi connectivity index (χ0v) is 23.2. The molecular formula is C28H32ClN3O5. The lowest BCUT2D eigenvalue weighted by Gasteiger charge is -2.28. The molecule has 3 rings (SSSR count). The third kappa shape index (κ3) is 6.38. The zero-order chi connectivity index (χ0) is 27.5. The summed E-state index contributed by atoms with van der Waals surface area (Å²) < 4.78 is 16.3. The summed E-state index contributed by atoms with van der Waals surface area (Å²) >= 11 is 6.27. The normalized spacial score (nSPS) is 11.2. The van der Waals surface area contributed by atoms with Crippen molar-refractivity contribution in [2.24, 2.45) is 0 Å². The summed E-state index contributed by atoms with van der Waals surface area (Å²) in [6.07, 6.45) is 2.70. The Labute approximate surface area is 222 Å². The highest BCUT2D eigenvalue weighted by atomic mass is 35.5. The maximum atomic E-state index is 13.5. The molecule has 0 aliphatic heterocycles. The van der Waals surface area contributed by atoms with Gasteiger partial charge in [0.25, 0.3) is 0 Å².